The Hall–Kier alpha value is -0.0262. The summed E-state index contributed by atoms with van der Waals surface area (Å²) in [5.74, 6) is 0. The van der Waals surface area contributed by atoms with Crippen LogP contribution in [0.5, 0.6) is 0 Å². The molecule has 102 valence electrons. The van der Waals surface area contributed by atoms with Crippen LogP contribution in [0, 0.1) is 0 Å². The molecule has 17 heavy (non-hydrogen) atoms. The highest BCUT2D eigenvalue weighted by Gasteiger charge is 2.26. The largest absolute Gasteiger partial charge is 0.552 e. The molecule has 0 aromatic rings. The molecule has 0 aliphatic carbocycles. The molecule has 0 fully saturated rings. The summed E-state index contributed by atoms with van der Waals surface area (Å²) in [6.45, 7) is 16.2. The highest BCUT2D eigenvalue weighted by molar-refractivity contribution is 6.84. The summed E-state index contributed by atoms with van der Waals surface area (Å²) < 4.78 is 6.27. The van der Waals surface area contributed by atoms with Crippen molar-refractivity contribution in [1.82, 2.24) is 0 Å². The van der Waals surface area contributed by atoms with Crippen LogP contribution in [0.25, 0.3) is 0 Å². The number of unbranched alkanes of at least 4 members (excludes halogenated alkanes) is 4. The molecular weight excluding hydrogens is 240 g/mol. The average molecular weight is 273 g/mol. The summed E-state index contributed by atoms with van der Waals surface area (Å²) >= 11 is 0. The van der Waals surface area contributed by atoms with E-state index in [1.807, 2.05) is 0 Å². The Balaban J connectivity index is 4.34. The fraction of sp³-hybridized carbons (Fsp3) is 0.857. The van der Waals surface area contributed by atoms with E-state index in [1.54, 1.807) is 0 Å². The van der Waals surface area contributed by atoms with E-state index in [2.05, 4.69) is 52.3 Å². The van der Waals surface area contributed by atoms with Gasteiger partial charge >= 0.3 is 0 Å². The van der Waals surface area contributed by atoms with E-state index in [0.29, 0.717) is 0 Å². The van der Waals surface area contributed by atoms with Crippen molar-refractivity contribution in [3.63, 3.8) is 0 Å². The Morgan fingerprint density at radius 1 is 0.941 bits per heavy atom. The lowest BCUT2D eigenvalue weighted by molar-refractivity contribution is 0.449. The highest BCUT2D eigenvalue weighted by atomic mass is 28.4. The maximum atomic E-state index is 6.27. The molecule has 0 amide bonds. The Bertz CT molecular complexity index is 234. The van der Waals surface area contributed by atoms with E-state index in [-0.39, 0.29) is 0 Å². The molecule has 0 N–H and O–H groups in total. The van der Waals surface area contributed by atoms with Crippen LogP contribution >= 0.6 is 0 Å². The summed E-state index contributed by atoms with van der Waals surface area (Å²) in [6, 6.07) is 0. The predicted molar refractivity (Wildman–Crippen MR) is 84.6 cm³/mol. The van der Waals surface area contributed by atoms with Crippen molar-refractivity contribution in [2.24, 2.45) is 0 Å². The molecule has 0 bridgehead atoms. The van der Waals surface area contributed by atoms with Gasteiger partial charge in [-0.05, 0) is 32.5 Å². The molecule has 0 unspecified atom stereocenters. The minimum Gasteiger partial charge on any atom is -0.552 e. The lowest BCUT2D eigenvalue weighted by Crippen LogP contribution is -2.34. The average Bonchev–Trinajstić information content (AvgIpc) is 2.12. The van der Waals surface area contributed by atoms with Gasteiger partial charge in [0.25, 0.3) is 0 Å². The van der Waals surface area contributed by atoms with Crippen LogP contribution in [0.15, 0.2) is 11.5 Å². The first-order valence-electron chi connectivity index (χ1n) is 7.06. The second kappa shape index (κ2) is 7.42. The van der Waals surface area contributed by atoms with Crippen molar-refractivity contribution in [2.45, 2.75) is 78.3 Å². The van der Waals surface area contributed by atoms with E-state index in [0.717, 1.165) is 0 Å². The molecule has 0 saturated carbocycles. The van der Waals surface area contributed by atoms with Gasteiger partial charge in [-0.1, -0.05) is 51.9 Å². The van der Waals surface area contributed by atoms with Gasteiger partial charge < -0.3 is 4.43 Å². The second-order valence-corrected chi connectivity index (χ2v) is 16.3. The minimum atomic E-state index is -1.44. The lowest BCUT2D eigenvalue weighted by atomic mass is 10.1. The Kier molecular flexibility index (Phi) is 7.41. The first kappa shape index (κ1) is 17.0. The summed E-state index contributed by atoms with van der Waals surface area (Å²) in [5.41, 5.74) is 0. The molecule has 0 aromatic carbocycles. The van der Waals surface area contributed by atoms with Gasteiger partial charge in [0.15, 0.2) is 0 Å². The van der Waals surface area contributed by atoms with Gasteiger partial charge in [-0.25, -0.2) is 0 Å². The number of hydrogen-bond donors (Lipinski definition) is 0. The summed E-state index contributed by atoms with van der Waals surface area (Å²) in [5, 5.41) is 1.34. The van der Waals surface area contributed by atoms with Gasteiger partial charge in [0, 0.05) is 0 Å². The van der Waals surface area contributed by atoms with Crippen LogP contribution in [0.1, 0.15) is 39.0 Å². The first-order chi connectivity index (χ1) is 7.67. The molecule has 0 aliphatic heterocycles. The monoisotopic (exact) mass is 272 g/mol. The fourth-order valence-corrected chi connectivity index (χ4v) is 5.28. The van der Waals surface area contributed by atoms with Crippen LogP contribution in [-0.4, -0.2) is 16.4 Å². The third-order valence-corrected chi connectivity index (χ3v) is 5.36. The summed E-state index contributed by atoms with van der Waals surface area (Å²) in [7, 11) is -2.73. The maximum absolute atomic E-state index is 6.27. The molecule has 0 heterocycles. The lowest BCUT2D eigenvalue weighted by Gasteiger charge is -2.29. The Morgan fingerprint density at radius 2 is 1.53 bits per heavy atom. The molecule has 0 radical (unpaired) electrons. The van der Waals surface area contributed by atoms with Crippen LogP contribution in [-0.2, 0) is 4.43 Å². The van der Waals surface area contributed by atoms with Gasteiger partial charge in [-0.3, -0.25) is 0 Å². The SMILES string of the molecule is CCCCCC/C=C(\O[Si](C)(C)C)[Si](C)(C)C. The minimum absolute atomic E-state index is 1.20. The van der Waals surface area contributed by atoms with Crippen molar-refractivity contribution in [1.29, 1.82) is 0 Å². The smallest absolute Gasteiger partial charge is 0.241 e. The van der Waals surface area contributed by atoms with E-state index in [1.165, 1.54) is 37.5 Å². The van der Waals surface area contributed by atoms with E-state index >= 15 is 0 Å². The molecule has 1 nitrogen and oxygen atoms in total. The summed E-state index contributed by atoms with van der Waals surface area (Å²) in [4.78, 5) is 0. The van der Waals surface area contributed by atoms with Gasteiger partial charge in [-0.15, -0.1) is 0 Å². The Labute approximate surface area is 111 Å². The van der Waals surface area contributed by atoms with Gasteiger partial charge in [0.1, 0.15) is 8.07 Å². The van der Waals surface area contributed by atoms with E-state index < -0.39 is 16.4 Å². The third-order valence-electron chi connectivity index (χ3n) is 2.54. The molecule has 0 atom stereocenters. The molecule has 0 rings (SSSR count). The number of rotatable bonds is 8. The van der Waals surface area contributed by atoms with Crippen molar-refractivity contribution >= 4 is 16.4 Å². The fourth-order valence-electron chi connectivity index (χ4n) is 1.64. The van der Waals surface area contributed by atoms with Crippen LogP contribution in [0.4, 0.5) is 0 Å². The Morgan fingerprint density at radius 3 is 1.94 bits per heavy atom. The first-order valence-corrected chi connectivity index (χ1v) is 14.0. The van der Waals surface area contributed by atoms with Crippen molar-refractivity contribution < 1.29 is 4.43 Å². The van der Waals surface area contributed by atoms with Crippen LogP contribution < -0.4 is 0 Å². The van der Waals surface area contributed by atoms with E-state index in [4.69, 9.17) is 4.43 Å². The number of hydrogen-bond acceptors (Lipinski definition) is 1. The normalized spacial score (nSPS) is 13.9. The number of allylic oxidation sites excluding steroid dienone is 1. The van der Waals surface area contributed by atoms with Gasteiger partial charge in [-0.2, -0.15) is 0 Å². The van der Waals surface area contributed by atoms with Gasteiger partial charge in [0.05, 0.1) is 5.38 Å². The molecule has 3 heteroatoms. The van der Waals surface area contributed by atoms with Crippen LogP contribution in [0.3, 0.4) is 0 Å². The van der Waals surface area contributed by atoms with Crippen molar-refractivity contribution in [3.8, 4) is 0 Å². The predicted octanol–water partition coefficient (Wildman–Crippen LogP) is 5.57. The van der Waals surface area contributed by atoms with Crippen molar-refractivity contribution in [3.05, 3.63) is 11.5 Å². The molecular formula is C14H32OSi2. The zero-order chi connectivity index (χ0) is 13.5. The second-order valence-electron chi connectivity index (χ2n) is 6.88. The quantitative estimate of drug-likeness (QED) is 0.319. The standard InChI is InChI=1S/C14H32OSi2/c1-8-9-10-11-12-13-14(16(2,3)4)15-17(5,6)7/h13H,8-12H2,1-7H3/b14-13+. The van der Waals surface area contributed by atoms with Crippen LogP contribution in [0.2, 0.25) is 39.3 Å². The molecule has 0 aliphatic rings. The van der Waals surface area contributed by atoms with Gasteiger partial charge in [0.2, 0.25) is 8.32 Å². The molecule has 0 aromatic heterocycles. The summed E-state index contributed by atoms with van der Waals surface area (Å²) in [6.07, 6.45) is 8.95. The highest BCUT2D eigenvalue weighted by Crippen LogP contribution is 2.22. The molecule has 0 saturated heterocycles. The van der Waals surface area contributed by atoms with E-state index in [9.17, 15) is 0 Å². The van der Waals surface area contributed by atoms with Crippen molar-refractivity contribution in [2.75, 3.05) is 0 Å². The topological polar surface area (TPSA) is 9.23 Å². The zero-order valence-electron chi connectivity index (χ0n) is 13.0. The third kappa shape index (κ3) is 9.66. The zero-order valence-corrected chi connectivity index (χ0v) is 15.0. The maximum Gasteiger partial charge on any atom is 0.241 e. The molecule has 0 spiro atoms.